The molecular formula is C19H18ClF3Ti. The van der Waals surface area contributed by atoms with Crippen LogP contribution in [0.25, 0.3) is 0 Å². The van der Waals surface area contributed by atoms with Gasteiger partial charge >= 0.3 is 27.9 Å². The Morgan fingerprint density at radius 1 is 0.792 bits per heavy atom. The first-order chi connectivity index (χ1) is 10.4. The molecule has 0 nitrogen and oxygen atoms in total. The van der Waals surface area contributed by atoms with E-state index >= 15 is 0 Å². The van der Waals surface area contributed by atoms with Crippen LogP contribution in [0.1, 0.15) is 16.7 Å². The first kappa shape index (κ1) is 25.0. The predicted octanol–water partition coefficient (Wildman–Crippen LogP) is 2.93. The summed E-state index contributed by atoms with van der Waals surface area (Å²) in [5, 5.41) is 0. The standard InChI is InChI=1S/C7H4F3.2C6H7.ClH.Ti/c8-7(9,10)6-4-2-1-3-5-6;2*1-6-4-2-3-5-6;;/h1-4H;2*2-5H,1H3;1H;/q3*-1;;+4/p-1. The van der Waals surface area contributed by atoms with Crippen molar-refractivity contribution in [3.63, 3.8) is 0 Å². The number of alkyl halides is 3. The Balaban J connectivity index is 0. The molecule has 0 spiro atoms. The minimum Gasteiger partial charge on any atom is -1.00 e. The molecule has 0 saturated heterocycles. The van der Waals surface area contributed by atoms with Crippen molar-refractivity contribution in [2.45, 2.75) is 20.0 Å². The van der Waals surface area contributed by atoms with E-state index in [-0.39, 0.29) is 34.1 Å². The fourth-order valence-corrected chi connectivity index (χ4v) is 1.51. The Morgan fingerprint density at radius 3 is 1.38 bits per heavy atom. The summed E-state index contributed by atoms with van der Waals surface area (Å²) in [5.74, 6) is 0. The van der Waals surface area contributed by atoms with Gasteiger partial charge in [-0.05, 0) is 0 Å². The van der Waals surface area contributed by atoms with Crippen molar-refractivity contribution in [2.24, 2.45) is 0 Å². The minimum absolute atomic E-state index is 0. The van der Waals surface area contributed by atoms with Crippen molar-refractivity contribution < 1.29 is 47.3 Å². The molecule has 0 saturated carbocycles. The van der Waals surface area contributed by atoms with Crippen LogP contribution in [-0.2, 0) is 27.9 Å². The van der Waals surface area contributed by atoms with E-state index in [2.05, 4.69) is 44.2 Å². The van der Waals surface area contributed by atoms with Gasteiger partial charge in [-0.1, -0.05) is 19.4 Å². The van der Waals surface area contributed by atoms with Gasteiger partial charge in [0.25, 0.3) is 0 Å². The minimum atomic E-state index is -4.26. The Labute approximate surface area is 162 Å². The zero-order valence-electron chi connectivity index (χ0n) is 13.4. The molecule has 3 rings (SSSR count). The average Bonchev–Trinajstić information content (AvgIpc) is 3.14. The van der Waals surface area contributed by atoms with Crippen LogP contribution in [0.2, 0.25) is 0 Å². The van der Waals surface area contributed by atoms with Crippen LogP contribution in [0, 0.1) is 19.9 Å². The normalized spacial score (nSPS) is 9.21. The molecule has 0 unspecified atom stereocenters. The van der Waals surface area contributed by atoms with Gasteiger partial charge in [-0.25, -0.2) is 24.3 Å². The SMILES string of the molecule is C[c-]1cccc1.C[c-]1cccc1.FC(F)(F)c1[c-]cccc1.[Cl-].[Ti+4]. The molecular weight excluding hydrogens is 369 g/mol. The number of halogens is 4. The molecule has 0 fully saturated rings. The molecule has 0 aliphatic carbocycles. The van der Waals surface area contributed by atoms with Crippen LogP contribution in [0.5, 0.6) is 0 Å². The van der Waals surface area contributed by atoms with E-state index in [4.69, 9.17) is 0 Å². The summed E-state index contributed by atoms with van der Waals surface area (Å²) in [6.45, 7) is 4.17. The van der Waals surface area contributed by atoms with Gasteiger partial charge in [-0.2, -0.15) is 78.9 Å². The van der Waals surface area contributed by atoms with E-state index in [1.165, 1.54) is 29.3 Å². The van der Waals surface area contributed by atoms with E-state index in [1.54, 1.807) is 0 Å². The van der Waals surface area contributed by atoms with Crippen molar-refractivity contribution in [1.82, 2.24) is 0 Å². The third-order valence-corrected chi connectivity index (χ3v) is 2.67. The molecule has 0 atom stereocenters. The van der Waals surface area contributed by atoms with Gasteiger partial charge in [0.05, 0.1) is 0 Å². The molecule has 0 N–H and O–H groups in total. The maximum Gasteiger partial charge on any atom is 4.00 e. The van der Waals surface area contributed by atoms with Gasteiger partial charge < -0.3 is 12.4 Å². The fraction of sp³-hybridized carbons (Fsp3) is 0.158. The zero-order valence-corrected chi connectivity index (χ0v) is 15.8. The van der Waals surface area contributed by atoms with Crippen LogP contribution in [0.3, 0.4) is 0 Å². The number of rotatable bonds is 0. The van der Waals surface area contributed by atoms with Crippen LogP contribution >= 0.6 is 0 Å². The molecule has 126 valence electrons. The summed E-state index contributed by atoms with van der Waals surface area (Å²) in [6.07, 6.45) is -4.26. The van der Waals surface area contributed by atoms with Crippen molar-refractivity contribution in [3.8, 4) is 0 Å². The maximum absolute atomic E-state index is 11.8. The summed E-state index contributed by atoms with van der Waals surface area (Å²) in [4.78, 5) is 0. The van der Waals surface area contributed by atoms with Gasteiger partial charge in [0, 0.05) is 0 Å². The Bertz CT molecular complexity index is 568. The molecule has 3 aromatic carbocycles. The van der Waals surface area contributed by atoms with Crippen LogP contribution in [0.15, 0.2) is 72.8 Å². The van der Waals surface area contributed by atoms with Gasteiger partial charge in [0.2, 0.25) is 0 Å². The number of aryl methyl sites for hydroxylation is 2. The van der Waals surface area contributed by atoms with Crippen molar-refractivity contribution in [1.29, 1.82) is 0 Å². The summed E-state index contributed by atoms with van der Waals surface area (Å²) in [5.41, 5.74) is 1.96. The molecule has 0 aromatic heterocycles. The maximum atomic E-state index is 11.8. The number of benzene rings is 1. The Hall–Kier alpha value is -1.29. The summed E-state index contributed by atoms with van der Waals surface area (Å²) in [6, 6.07) is 23.6. The smallest absolute Gasteiger partial charge is 1.00 e. The second-order valence-electron chi connectivity index (χ2n) is 4.70. The van der Waals surface area contributed by atoms with Crippen molar-refractivity contribution >= 4 is 0 Å². The molecule has 0 aliphatic heterocycles. The second-order valence-corrected chi connectivity index (χ2v) is 4.70. The summed E-state index contributed by atoms with van der Waals surface area (Å²) < 4.78 is 35.3. The summed E-state index contributed by atoms with van der Waals surface area (Å²) in [7, 11) is 0. The van der Waals surface area contributed by atoms with Crippen LogP contribution in [0.4, 0.5) is 13.2 Å². The Kier molecular flexibility index (Phi) is 13.6. The Morgan fingerprint density at radius 2 is 1.21 bits per heavy atom. The topological polar surface area (TPSA) is 0 Å². The fourth-order valence-electron chi connectivity index (χ4n) is 1.51. The number of hydrogen-bond acceptors (Lipinski definition) is 0. The molecule has 0 amide bonds. The monoisotopic (exact) mass is 386 g/mol. The number of hydrogen-bond donors (Lipinski definition) is 0. The van der Waals surface area contributed by atoms with Gasteiger partial charge in [0.1, 0.15) is 0 Å². The zero-order chi connectivity index (χ0) is 16.4. The summed E-state index contributed by atoms with van der Waals surface area (Å²) >= 11 is 0. The van der Waals surface area contributed by atoms with Crippen molar-refractivity contribution in [2.75, 3.05) is 0 Å². The first-order valence-electron chi connectivity index (χ1n) is 6.80. The van der Waals surface area contributed by atoms with Crippen LogP contribution in [-0.4, -0.2) is 0 Å². The molecule has 0 heterocycles. The molecule has 24 heavy (non-hydrogen) atoms. The molecule has 0 bridgehead atoms. The third kappa shape index (κ3) is 11.3. The van der Waals surface area contributed by atoms with E-state index < -0.39 is 11.7 Å². The quantitative estimate of drug-likeness (QED) is 0.412. The van der Waals surface area contributed by atoms with Gasteiger partial charge in [-0.15, -0.1) is 0 Å². The van der Waals surface area contributed by atoms with E-state index in [0.29, 0.717) is 0 Å². The second kappa shape index (κ2) is 13.1. The third-order valence-electron chi connectivity index (χ3n) is 2.67. The molecule has 0 radical (unpaired) electrons. The van der Waals surface area contributed by atoms with Crippen molar-refractivity contribution in [3.05, 3.63) is 95.6 Å². The predicted molar refractivity (Wildman–Crippen MR) is 83.8 cm³/mol. The van der Waals surface area contributed by atoms with E-state index in [9.17, 15) is 13.2 Å². The average molecular weight is 387 g/mol. The first-order valence-corrected chi connectivity index (χ1v) is 6.80. The van der Waals surface area contributed by atoms with E-state index in [0.717, 1.165) is 6.07 Å². The van der Waals surface area contributed by atoms with Crippen LogP contribution < -0.4 is 12.4 Å². The molecule has 0 aliphatic rings. The molecule has 3 aromatic rings. The van der Waals surface area contributed by atoms with Gasteiger partial charge in [0.15, 0.2) is 0 Å². The largest absolute Gasteiger partial charge is 4.00 e. The van der Waals surface area contributed by atoms with Gasteiger partial charge in [-0.3, -0.25) is 0 Å². The van der Waals surface area contributed by atoms with E-state index in [1.807, 2.05) is 24.3 Å². The molecule has 5 heteroatoms.